The fourth-order valence-corrected chi connectivity index (χ4v) is 4.67. The molecule has 0 aliphatic carbocycles. The van der Waals surface area contributed by atoms with E-state index in [1.54, 1.807) is 29.7 Å². The maximum atomic E-state index is 12.8. The molecule has 0 amide bonds. The van der Waals surface area contributed by atoms with E-state index in [0.717, 1.165) is 18.7 Å². The first-order chi connectivity index (χ1) is 13.9. The molecule has 29 heavy (non-hydrogen) atoms. The van der Waals surface area contributed by atoms with Gasteiger partial charge in [0.2, 0.25) is 0 Å². The van der Waals surface area contributed by atoms with Crippen molar-refractivity contribution in [3.8, 4) is 5.75 Å². The number of hydrogen-bond donors (Lipinski definition) is 0. The topological polar surface area (TPSA) is 87.5 Å². The van der Waals surface area contributed by atoms with Crippen molar-refractivity contribution in [2.75, 3.05) is 7.11 Å². The van der Waals surface area contributed by atoms with Crippen molar-refractivity contribution in [3.05, 3.63) is 55.9 Å². The van der Waals surface area contributed by atoms with Gasteiger partial charge in [0.15, 0.2) is 5.78 Å². The number of aromatic nitrogens is 2. The van der Waals surface area contributed by atoms with Gasteiger partial charge in [0, 0.05) is 24.1 Å². The summed E-state index contributed by atoms with van der Waals surface area (Å²) in [6.07, 6.45) is 1.68. The molecule has 2 aromatic heterocycles. The number of hydrogen-bond acceptors (Lipinski definition) is 7. The quantitative estimate of drug-likeness (QED) is 0.472. The van der Waals surface area contributed by atoms with Crippen LogP contribution in [0.4, 0.5) is 0 Å². The Kier molecular flexibility index (Phi) is 4.96. The zero-order chi connectivity index (χ0) is 20.7. The standard InChI is InChI=1S/C21H20N2O5S/c1-11-17-19(22-16-5-4-8-23(16)20(17)25)29-18(11)21(26)28-10-14-9-13(12(2)24)6-7-15(14)27-3/h6-7,9H,4-5,8,10H2,1-3H3. The molecular formula is C21H20N2O5S. The molecule has 150 valence electrons. The highest BCUT2D eigenvalue weighted by atomic mass is 32.1. The Morgan fingerprint density at radius 3 is 2.83 bits per heavy atom. The van der Waals surface area contributed by atoms with Gasteiger partial charge < -0.3 is 9.47 Å². The zero-order valence-electron chi connectivity index (χ0n) is 16.4. The van der Waals surface area contributed by atoms with Gasteiger partial charge in [0.05, 0.1) is 12.5 Å². The normalized spacial score (nSPS) is 12.8. The third kappa shape index (κ3) is 3.33. The summed E-state index contributed by atoms with van der Waals surface area (Å²) in [4.78, 5) is 42.7. The molecule has 0 atom stereocenters. The second-order valence-corrected chi connectivity index (χ2v) is 7.98. The van der Waals surface area contributed by atoms with Crippen LogP contribution in [0.1, 0.15) is 50.3 Å². The molecule has 0 saturated heterocycles. The molecule has 8 heteroatoms. The van der Waals surface area contributed by atoms with E-state index < -0.39 is 5.97 Å². The average molecular weight is 412 g/mol. The van der Waals surface area contributed by atoms with Crippen molar-refractivity contribution in [1.82, 2.24) is 9.55 Å². The number of nitrogens with zero attached hydrogens (tertiary/aromatic N) is 2. The molecule has 4 rings (SSSR count). The maximum Gasteiger partial charge on any atom is 0.349 e. The van der Waals surface area contributed by atoms with Gasteiger partial charge in [0.25, 0.3) is 5.56 Å². The van der Waals surface area contributed by atoms with E-state index in [0.29, 0.717) is 44.1 Å². The molecule has 7 nitrogen and oxygen atoms in total. The van der Waals surface area contributed by atoms with E-state index >= 15 is 0 Å². The van der Waals surface area contributed by atoms with Gasteiger partial charge in [-0.3, -0.25) is 14.2 Å². The number of thiophene rings is 1. The fourth-order valence-electron chi connectivity index (χ4n) is 3.59. The number of aryl methyl sites for hydroxylation is 2. The van der Waals surface area contributed by atoms with Crippen LogP contribution in [0.25, 0.3) is 10.2 Å². The molecule has 0 unspecified atom stereocenters. The molecule has 1 aromatic carbocycles. The Hall–Kier alpha value is -3.00. The molecule has 1 aliphatic heterocycles. The number of carbonyl (C=O) groups excluding carboxylic acids is 2. The van der Waals surface area contributed by atoms with E-state index in [-0.39, 0.29) is 17.9 Å². The van der Waals surface area contributed by atoms with Gasteiger partial charge >= 0.3 is 5.97 Å². The second kappa shape index (κ2) is 7.44. The van der Waals surface area contributed by atoms with Crippen LogP contribution in [0.5, 0.6) is 5.75 Å². The monoisotopic (exact) mass is 412 g/mol. The number of esters is 1. The first-order valence-corrected chi connectivity index (χ1v) is 10.1. The summed E-state index contributed by atoms with van der Waals surface area (Å²) in [6, 6.07) is 5.00. The summed E-state index contributed by atoms with van der Waals surface area (Å²) in [6.45, 7) is 3.84. The summed E-state index contributed by atoms with van der Waals surface area (Å²) < 4.78 is 12.5. The predicted octanol–water partition coefficient (Wildman–Crippen LogP) is 3.28. The van der Waals surface area contributed by atoms with Gasteiger partial charge in [-0.05, 0) is 44.0 Å². The molecule has 0 bridgehead atoms. The summed E-state index contributed by atoms with van der Waals surface area (Å²) in [5, 5.41) is 0.490. The summed E-state index contributed by atoms with van der Waals surface area (Å²) in [7, 11) is 1.52. The number of ether oxygens (including phenoxy) is 2. The Labute approximate surface area is 170 Å². The third-order valence-corrected chi connectivity index (χ3v) is 6.31. The van der Waals surface area contributed by atoms with Crippen LogP contribution in [-0.2, 0) is 24.3 Å². The van der Waals surface area contributed by atoms with Crippen LogP contribution in [0.2, 0.25) is 0 Å². The molecule has 0 N–H and O–H groups in total. The van der Waals surface area contributed by atoms with Gasteiger partial charge in [-0.1, -0.05) is 0 Å². The lowest BCUT2D eigenvalue weighted by atomic mass is 10.1. The van der Waals surface area contributed by atoms with Crippen molar-refractivity contribution in [3.63, 3.8) is 0 Å². The van der Waals surface area contributed by atoms with Crippen molar-refractivity contribution >= 4 is 33.3 Å². The van der Waals surface area contributed by atoms with Crippen molar-refractivity contribution in [2.24, 2.45) is 0 Å². The Balaban J connectivity index is 1.63. The highest BCUT2D eigenvalue weighted by Gasteiger charge is 2.24. The summed E-state index contributed by atoms with van der Waals surface area (Å²) >= 11 is 1.18. The lowest BCUT2D eigenvalue weighted by molar-refractivity contribution is 0.0475. The molecule has 0 radical (unpaired) electrons. The molecule has 3 aromatic rings. The SMILES string of the molecule is COc1ccc(C(C)=O)cc1COC(=O)c1sc2nc3n(c(=O)c2c1C)CCC3. The van der Waals surface area contributed by atoms with Crippen LogP contribution in [0.3, 0.4) is 0 Å². The average Bonchev–Trinajstić information content (AvgIpc) is 3.31. The maximum absolute atomic E-state index is 12.8. The van der Waals surface area contributed by atoms with Crippen LogP contribution < -0.4 is 10.3 Å². The minimum Gasteiger partial charge on any atom is -0.496 e. The highest BCUT2D eigenvalue weighted by molar-refractivity contribution is 7.20. The van der Waals surface area contributed by atoms with E-state index in [4.69, 9.17) is 9.47 Å². The lowest BCUT2D eigenvalue weighted by Crippen LogP contribution is -2.20. The molecule has 0 spiro atoms. The lowest BCUT2D eigenvalue weighted by Gasteiger charge is -2.10. The number of rotatable bonds is 5. The van der Waals surface area contributed by atoms with Gasteiger partial charge in [-0.15, -0.1) is 11.3 Å². The predicted molar refractivity (Wildman–Crippen MR) is 109 cm³/mol. The number of benzene rings is 1. The summed E-state index contributed by atoms with van der Waals surface area (Å²) in [5.74, 6) is 0.701. The van der Waals surface area contributed by atoms with Crippen molar-refractivity contribution < 1.29 is 19.1 Å². The minimum atomic E-state index is -0.523. The Morgan fingerprint density at radius 2 is 2.10 bits per heavy atom. The number of Topliss-reactive ketones (excluding diaryl/α,β-unsaturated/α-hetero) is 1. The number of fused-ring (bicyclic) bond motifs is 2. The number of ketones is 1. The summed E-state index contributed by atoms with van der Waals surface area (Å²) in [5.41, 5.74) is 1.62. The first kappa shape index (κ1) is 19.3. The van der Waals surface area contributed by atoms with E-state index in [1.807, 2.05) is 0 Å². The van der Waals surface area contributed by atoms with Crippen LogP contribution in [-0.4, -0.2) is 28.4 Å². The second-order valence-electron chi connectivity index (χ2n) is 6.98. The first-order valence-electron chi connectivity index (χ1n) is 9.28. The number of methoxy groups -OCH3 is 1. The molecule has 3 heterocycles. The van der Waals surface area contributed by atoms with Crippen molar-refractivity contribution in [2.45, 2.75) is 39.8 Å². The molecule has 0 fully saturated rings. The minimum absolute atomic E-state index is 0.0419. The van der Waals surface area contributed by atoms with Gasteiger partial charge in [-0.2, -0.15) is 0 Å². The molecule has 1 aliphatic rings. The number of carbonyl (C=O) groups is 2. The smallest absolute Gasteiger partial charge is 0.349 e. The molecular weight excluding hydrogens is 392 g/mol. The van der Waals surface area contributed by atoms with Crippen molar-refractivity contribution in [1.29, 1.82) is 0 Å². The Bertz CT molecular complexity index is 1210. The fraction of sp³-hybridized carbons (Fsp3) is 0.333. The van der Waals surface area contributed by atoms with Gasteiger partial charge in [-0.25, -0.2) is 9.78 Å². The Morgan fingerprint density at radius 1 is 1.31 bits per heavy atom. The van der Waals surface area contributed by atoms with E-state index in [2.05, 4.69) is 4.98 Å². The van der Waals surface area contributed by atoms with E-state index in [1.165, 1.54) is 25.4 Å². The van der Waals surface area contributed by atoms with Crippen LogP contribution in [0.15, 0.2) is 23.0 Å². The molecule has 0 saturated carbocycles. The van der Waals surface area contributed by atoms with Crippen LogP contribution in [0, 0.1) is 6.92 Å². The van der Waals surface area contributed by atoms with Crippen LogP contribution >= 0.6 is 11.3 Å². The van der Waals surface area contributed by atoms with Gasteiger partial charge in [0.1, 0.15) is 27.9 Å². The highest BCUT2D eigenvalue weighted by Crippen LogP contribution is 2.30. The third-order valence-electron chi connectivity index (χ3n) is 5.14. The largest absolute Gasteiger partial charge is 0.496 e. The zero-order valence-corrected chi connectivity index (χ0v) is 17.2. The van der Waals surface area contributed by atoms with E-state index in [9.17, 15) is 14.4 Å².